The van der Waals surface area contributed by atoms with E-state index in [0.717, 1.165) is 19.1 Å². The summed E-state index contributed by atoms with van der Waals surface area (Å²) >= 11 is 0. The van der Waals surface area contributed by atoms with E-state index in [4.69, 9.17) is 4.74 Å². The Kier molecular flexibility index (Phi) is 6.73. The molecule has 9 heteroatoms. The fraction of sp³-hybridized carbons (Fsp3) is 0.333. The van der Waals surface area contributed by atoms with Gasteiger partial charge < -0.3 is 15.4 Å². The van der Waals surface area contributed by atoms with Crippen molar-refractivity contribution >= 4 is 33.2 Å². The van der Waals surface area contributed by atoms with E-state index in [1.165, 1.54) is 0 Å². The number of nitrogens with one attached hydrogen (secondary N) is 3. The Balaban J connectivity index is 1.76. The number of ether oxygens (including phenoxy) is 1. The molecule has 0 bridgehead atoms. The SMILES string of the molecule is Cc1c(NS(C)(=O)=O)cccc1C(=O)Nc1ccccc1C(=O)NCC1CCCO1. The number of benzene rings is 2. The van der Waals surface area contributed by atoms with Gasteiger partial charge in [-0.25, -0.2) is 8.42 Å². The van der Waals surface area contributed by atoms with Gasteiger partial charge in [0.1, 0.15) is 0 Å². The summed E-state index contributed by atoms with van der Waals surface area (Å²) in [6.45, 7) is 2.78. The van der Waals surface area contributed by atoms with Crippen LogP contribution in [0, 0.1) is 6.92 Å². The number of hydrogen-bond acceptors (Lipinski definition) is 5. The van der Waals surface area contributed by atoms with E-state index < -0.39 is 15.9 Å². The van der Waals surface area contributed by atoms with Crippen molar-refractivity contribution in [2.75, 3.05) is 29.4 Å². The molecule has 3 N–H and O–H groups in total. The molecular formula is C21H25N3O5S. The number of carbonyl (C=O) groups excluding carboxylic acids is 2. The number of anilines is 2. The summed E-state index contributed by atoms with van der Waals surface area (Å²) in [4.78, 5) is 25.5. The van der Waals surface area contributed by atoms with E-state index in [1.54, 1.807) is 49.4 Å². The molecule has 0 aromatic heterocycles. The van der Waals surface area contributed by atoms with Gasteiger partial charge in [0.25, 0.3) is 11.8 Å². The minimum absolute atomic E-state index is 0.0171. The number of hydrogen-bond donors (Lipinski definition) is 3. The van der Waals surface area contributed by atoms with Crippen LogP contribution < -0.4 is 15.4 Å². The maximum absolute atomic E-state index is 12.9. The molecule has 0 spiro atoms. The zero-order chi connectivity index (χ0) is 21.7. The molecule has 30 heavy (non-hydrogen) atoms. The summed E-state index contributed by atoms with van der Waals surface area (Å²) in [5.41, 5.74) is 1.83. The molecule has 0 aliphatic carbocycles. The number of para-hydroxylation sites is 1. The summed E-state index contributed by atoms with van der Waals surface area (Å²) < 4.78 is 31.0. The standard InChI is InChI=1S/C21H25N3O5S/c1-14-16(9-5-11-18(14)24-30(2,27)28)21(26)23-19-10-4-3-8-17(19)20(25)22-13-15-7-6-12-29-15/h3-5,8-11,15,24H,6-7,12-13H2,1-2H3,(H,22,25)(H,23,26). The lowest BCUT2D eigenvalue weighted by molar-refractivity contribution is 0.0858. The van der Waals surface area contributed by atoms with E-state index in [0.29, 0.717) is 41.2 Å². The predicted molar refractivity (Wildman–Crippen MR) is 115 cm³/mol. The molecule has 2 aromatic rings. The van der Waals surface area contributed by atoms with Crippen LogP contribution in [0.3, 0.4) is 0 Å². The molecule has 1 heterocycles. The van der Waals surface area contributed by atoms with Crippen LogP contribution in [-0.2, 0) is 14.8 Å². The third-order valence-electron chi connectivity index (χ3n) is 4.81. The fourth-order valence-corrected chi connectivity index (χ4v) is 3.90. The van der Waals surface area contributed by atoms with Crippen molar-refractivity contribution in [3.05, 3.63) is 59.2 Å². The summed E-state index contributed by atoms with van der Waals surface area (Å²) in [5.74, 6) is -0.741. The molecule has 0 radical (unpaired) electrons. The number of sulfonamides is 1. The third kappa shape index (κ3) is 5.58. The number of amides is 2. The predicted octanol–water partition coefficient (Wildman–Crippen LogP) is 2.53. The lowest BCUT2D eigenvalue weighted by atomic mass is 10.1. The quantitative estimate of drug-likeness (QED) is 0.623. The molecule has 1 saturated heterocycles. The maximum Gasteiger partial charge on any atom is 0.256 e. The van der Waals surface area contributed by atoms with Gasteiger partial charge in [0.15, 0.2) is 0 Å². The van der Waals surface area contributed by atoms with Crippen molar-refractivity contribution in [3.8, 4) is 0 Å². The van der Waals surface area contributed by atoms with Crippen LogP contribution in [0.4, 0.5) is 11.4 Å². The van der Waals surface area contributed by atoms with Crippen LogP contribution in [0.25, 0.3) is 0 Å². The topological polar surface area (TPSA) is 114 Å². The Labute approximate surface area is 176 Å². The molecule has 0 saturated carbocycles. The Morgan fingerprint density at radius 1 is 1.03 bits per heavy atom. The van der Waals surface area contributed by atoms with E-state index in [1.807, 2.05) is 0 Å². The van der Waals surface area contributed by atoms with Gasteiger partial charge in [-0.05, 0) is 49.6 Å². The van der Waals surface area contributed by atoms with Crippen molar-refractivity contribution < 1.29 is 22.7 Å². The molecule has 2 aromatic carbocycles. The summed E-state index contributed by atoms with van der Waals surface area (Å²) in [6.07, 6.45) is 2.96. The van der Waals surface area contributed by atoms with Crippen LogP contribution in [0.15, 0.2) is 42.5 Å². The minimum Gasteiger partial charge on any atom is -0.376 e. The highest BCUT2D eigenvalue weighted by molar-refractivity contribution is 7.92. The highest BCUT2D eigenvalue weighted by atomic mass is 32.2. The first-order valence-electron chi connectivity index (χ1n) is 9.62. The van der Waals surface area contributed by atoms with Crippen molar-refractivity contribution in [2.45, 2.75) is 25.9 Å². The first-order valence-corrected chi connectivity index (χ1v) is 11.5. The molecule has 1 fully saturated rings. The van der Waals surface area contributed by atoms with Crippen molar-refractivity contribution in [3.63, 3.8) is 0 Å². The average molecular weight is 432 g/mol. The van der Waals surface area contributed by atoms with Gasteiger partial charge in [0.05, 0.1) is 29.3 Å². The Bertz CT molecular complexity index is 1050. The third-order valence-corrected chi connectivity index (χ3v) is 5.40. The van der Waals surface area contributed by atoms with Crippen LogP contribution in [0.1, 0.15) is 39.1 Å². The number of carbonyl (C=O) groups is 2. The molecule has 1 unspecified atom stereocenters. The van der Waals surface area contributed by atoms with Crippen LogP contribution in [0.5, 0.6) is 0 Å². The van der Waals surface area contributed by atoms with Gasteiger partial charge in [-0.1, -0.05) is 18.2 Å². The minimum atomic E-state index is -3.48. The highest BCUT2D eigenvalue weighted by Gasteiger charge is 2.19. The summed E-state index contributed by atoms with van der Waals surface area (Å²) in [6, 6.07) is 11.5. The van der Waals surface area contributed by atoms with Gasteiger partial charge in [-0.15, -0.1) is 0 Å². The summed E-state index contributed by atoms with van der Waals surface area (Å²) in [5, 5.41) is 5.61. The van der Waals surface area contributed by atoms with Crippen LogP contribution in [-0.4, -0.2) is 45.7 Å². The van der Waals surface area contributed by atoms with E-state index in [2.05, 4.69) is 15.4 Å². The first-order chi connectivity index (χ1) is 14.2. The second-order valence-corrected chi connectivity index (χ2v) is 8.95. The molecule has 2 amide bonds. The molecule has 1 aliphatic rings. The van der Waals surface area contributed by atoms with Gasteiger partial charge in [-0.3, -0.25) is 14.3 Å². The van der Waals surface area contributed by atoms with Gasteiger partial charge >= 0.3 is 0 Å². The Morgan fingerprint density at radius 3 is 2.43 bits per heavy atom. The molecule has 3 rings (SSSR count). The van der Waals surface area contributed by atoms with Gasteiger partial charge in [0.2, 0.25) is 10.0 Å². The van der Waals surface area contributed by atoms with Gasteiger partial charge in [0, 0.05) is 18.7 Å². The lowest BCUT2D eigenvalue weighted by Crippen LogP contribution is -2.32. The van der Waals surface area contributed by atoms with Crippen LogP contribution in [0.2, 0.25) is 0 Å². The molecule has 1 atom stereocenters. The maximum atomic E-state index is 12.9. The lowest BCUT2D eigenvalue weighted by Gasteiger charge is -2.15. The average Bonchev–Trinajstić information content (AvgIpc) is 3.21. The van der Waals surface area contributed by atoms with Crippen LogP contribution >= 0.6 is 0 Å². The second-order valence-electron chi connectivity index (χ2n) is 7.20. The zero-order valence-corrected chi connectivity index (χ0v) is 17.7. The molecule has 1 aliphatic heterocycles. The number of rotatable bonds is 7. The van der Waals surface area contributed by atoms with Crippen molar-refractivity contribution in [1.29, 1.82) is 0 Å². The Hall–Kier alpha value is -2.91. The first kappa shape index (κ1) is 21.8. The molecular weight excluding hydrogens is 406 g/mol. The smallest absolute Gasteiger partial charge is 0.256 e. The fourth-order valence-electron chi connectivity index (χ4n) is 3.28. The van der Waals surface area contributed by atoms with Gasteiger partial charge in [-0.2, -0.15) is 0 Å². The van der Waals surface area contributed by atoms with E-state index in [-0.39, 0.29) is 12.0 Å². The summed E-state index contributed by atoms with van der Waals surface area (Å²) in [7, 11) is -3.48. The second kappa shape index (κ2) is 9.27. The zero-order valence-electron chi connectivity index (χ0n) is 16.9. The monoisotopic (exact) mass is 431 g/mol. The Morgan fingerprint density at radius 2 is 1.73 bits per heavy atom. The molecule has 8 nitrogen and oxygen atoms in total. The largest absolute Gasteiger partial charge is 0.376 e. The normalized spacial score (nSPS) is 16.1. The van der Waals surface area contributed by atoms with Crippen molar-refractivity contribution in [1.82, 2.24) is 5.32 Å². The molecule has 160 valence electrons. The van der Waals surface area contributed by atoms with E-state index >= 15 is 0 Å². The highest BCUT2D eigenvalue weighted by Crippen LogP contribution is 2.22. The van der Waals surface area contributed by atoms with Crippen molar-refractivity contribution in [2.24, 2.45) is 0 Å². The van der Waals surface area contributed by atoms with E-state index in [9.17, 15) is 18.0 Å².